The molecule has 1 saturated heterocycles. The summed E-state index contributed by atoms with van der Waals surface area (Å²) in [6.45, 7) is 5.78. The number of unbranched alkanes of at least 4 members (excludes halogenated alkanes) is 2. The number of para-hydroxylation sites is 1. The van der Waals surface area contributed by atoms with Crippen LogP contribution in [0.1, 0.15) is 59.4 Å². The number of methoxy groups -OCH3 is 1. The summed E-state index contributed by atoms with van der Waals surface area (Å²) in [5, 5.41) is 2.78. The fraction of sp³-hybridized carbons (Fsp3) is 0.389. The Balaban J connectivity index is 0.00000583. The highest BCUT2D eigenvalue weighted by molar-refractivity contribution is 7.61. The van der Waals surface area contributed by atoms with Crippen LogP contribution in [0.15, 0.2) is 59.0 Å². The van der Waals surface area contributed by atoms with Gasteiger partial charge in [0.15, 0.2) is 0 Å². The molecule has 0 bridgehead atoms. The van der Waals surface area contributed by atoms with Crippen LogP contribution in [-0.4, -0.2) is 99.9 Å². The fourth-order valence-corrected chi connectivity index (χ4v) is 5.93. The van der Waals surface area contributed by atoms with Crippen LogP contribution in [-0.2, 0) is 15.3 Å². The van der Waals surface area contributed by atoms with E-state index >= 15 is 0 Å². The minimum absolute atomic E-state index is 0. The molecular weight excluding hydrogens is 675 g/mol. The third-order valence-electron chi connectivity index (χ3n) is 8.53. The number of ether oxygens (including phenoxy) is 2. The third kappa shape index (κ3) is 9.70. The predicted molar refractivity (Wildman–Crippen MR) is 197 cm³/mol. The first-order chi connectivity index (χ1) is 24.0. The maximum Gasteiger partial charge on any atom is 0.319 e. The average Bonchev–Trinajstić information content (AvgIpc) is 3.52. The van der Waals surface area contributed by atoms with Gasteiger partial charge in [-0.2, -0.15) is 8.42 Å². The second kappa shape index (κ2) is 17.6. The molecule has 5 rings (SSSR count). The van der Waals surface area contributed by atoms with E-state index in [1.807, 2.05) is 30.0 Å². The standard InChI is InChI=1S/C35H41N7O7S.CH4/c1-23-12-15-28(30(21-23)49-20-7-5-6-11-31(43)42-18-16-40(2)17-19-42)41(3)34(45)24-13-14-25(29(22-24)48-4)33(44)36-26-9-8-10-27-32(26)38-35(37-27)39-50(46)47;/h8-10,12-15,21-22H,5-7,11,16-20H2,1-4H3,(H,36,44)(H,37,38);1H4. The number of hydrogen-bond acceptors (Lipinski definition) is 10. The van der Waals surface area contributed by atoms with Gasteiger partial charge in [-0.05, 0) is 81.3 Å². The molecule has 0 radical (unpaired) electrons. The summed E-state index contributed by atoms with van der Waals surface area (Å²) in [7, 11) is 2.44. The molecule has 0 unspecified atom stereocenters. The van der Waals surface area contributed by atoms with Crippen LogP contribution in [0, 0.1) is 6.92 Å². The molecular formula is C36H45N7O7S. The lowest BCUT2D eigenvalue weighted by atomic mass is 10.1. The molecule has 272 valence electrons. The number of carbonyl (C=O) groups excluding carboxylic acids is 3. The van der Waals surface area contributed by atoms with Crippen molar-refractivity contribution in [3.05, 3.63) is 71.3 Å². The number of aryl methyl sites for hydroxylation is 1. The van der Waals surface area contributed by atoms with E-state index < -0.39 is 16.4 Å². The number of aromatic amines is 1. The van der Waals surface area contributed by atoms with Gasteiger partial charge in [0.1, 0.15) is 17.0 Å². The number of rotatable bonds is 13. The minimum Gasteiger partial charge on any atom is -0.496 e. The third-order valence-corrected chi connectivity index (χ3v) is 8.85. The van der Waals surface area contributed by atoms with Crippen LogP contribution in [0.3, 0.4) is 0 Å². The molecule has 3 aromatic carbocycles. The molecule has 0 spiro atoms. The molecule has 15 heteroatoms. The number of fused-ring (bicyclic) bond motifs is 1. The van der Waals surface area contributed by atoms with Gasteiger partial charge in [-0.15, -0.1) is 0 Å². The first kappa shape index (κ1) is 38.5. The van der Waals surface area contributed by atoms with Crippen molar-refractivity contribution in [2.45, 2.75) is 40.0 Å². The first-order valence-corrected chi connectivity index (χ1v) is 17.3. The van der Waals surface area contributed by atoms with E-state index in [2.05, 4.69) is 31.6 Å². The van der Waals surface area contributed by atoms with Crippen molar-refractivity contribution in [3.8, 4) is 11.5 Å². The van der Waals surface area contributed by atoms with Gasteiger partial charge in [0.2, 0.25) is 11.9 Å². The van der Waals surface area contributed by atoms with Crippen molar-refractivity contribution in [2.24, 2.45) is 4.36 Å². The summed E-state index contributed by atoms with van der Waals surface area (Å²) in [6, 6.07) is 15.1. The van der Waals surface area contributed by atoms with Crippen molar-refractivity contribution < 1.29 is 32.3 Å². The molecule has 3 amide bonds. The number of benzene rings is 3. The van der Waals surface area contributed by atoms with Gasteiger partial charge in [0.05, 0.1) is 36.2 Å². The average molecular weight is 720 g/mol. The number of likely N-dealkylation sites (N-methyl/N-ethyl adjacent to an activating group) is 1. The number of nitrogens with one attached hydrogen (secondary N) is 2. The highest BCUT2D eigenvalue weighted by Gasteiger charge is 2.22. The fourth-order valence-electron chi connectivity index (χ4n) is 5.70. The van der Waals surface area contributed by atoms with Crippen molar-refractivity contribution in [1.29, 1.82) is 0 Å². The van der Waals surface area contributed by atoms with E-state index in [1.165, 1.54) is 24.1 Å². The number of amides is 3. The lowest BCUT2D eigenvalue weighted by molar-refractivity contribution is -0.132. The Morgan fingerprint density at radius 1 is 1.00 bits per heavy atom. The van der Waals surface area contributed by atoms with Gasteiger partial charge >= 0.3 is 10.5 Å². The number of imidazole rings is 1. The van der Waals surface area contributed by atoms with Crippen LogP contribution in [0.25, 0.3) is 11.0 Å². The molecule has 14 nitrogen and oxygen atoms in total. The Bertz CT molecular complexity index is 2010. The van der Waals surface area contributed by atoms with Crippen molar-refractivity contribution in [3.63, 3.8) is 0 Å². The maximum atomic E-state index is 13.7. The highest BCUT2D eigenvalue weighted by Crippen LogP contribution is 2.32. The molecule has 1 fully saturated rings. The second-order valence-electron chi connectivity index (χ2n) is 12.1. The Labute approximate surface area is 299 Å². The number of anilines is 2. The summed E-state index contributed by atoms with van der Waals surface area (Å²) in [5.74, 6) is -0.0113. The molecule has 4 aromatic rings. The SMILES string of the molecule is C.COc1cc(C(=O)N(C)c2ccc(C)cc2OCCCCCC(=O)N2CCN(C)CC2)ccc1C(=O)Nc1cccc2[nH]c(N=S(=O)=O)nc12. The molecule has 1 aliphatic heterocycles. The van der Waals surface area contributed by atoms with Gasteiger partial charge in [0.25, 0.3) is 11.8 Å². The number of nitrogens with zero attached hydrogens (tertiary/aromatic N) is 5. The molecule has 0 atom stereocenters. The maximum absolute atomic E-state index is 13.7. The Morgan fingerprint density at radius 2 is 1.76 bits per heavy atom. The van der Waals surface area contributed by atoms with E-state index in [0.717, 1.165) is 51.0 Å². The van der Waals surface area contributed by atoms with Gasteiger partial charge in [-0.1, -0.05) is 23.9 Å². The zero-order valence-electron chi connectivity index (χ0n) is 28.6. The Morgan fingerprint density at radius 3 is 2.49 bits per heavy atom. The zero-order valence-corrected chi connectivity index (χ0v) is 29.4. The number of hydrogen-bond donors (Lipinski definition) is 2. The molecule has 1 aliphatic rings. The van der Waals surface area contributed by atoms with Crippen molar-refractivity contribution in [2.75, 3.05) is 64.2 Å². The van der Waals surface area contributed by atoms with Gasteiger partial charge in [0, 0.05) is 45.2 Å². The van der Waals surface area contributed by atoms with Gasteiger partial charge in [-0.25, -0.2) is 4.98 Å². The number of carbonyl (C=O) groups is 3. The largest absolute Gasteiger partial charge is 0.496 e. The number of piperazine rings is 1. The summed E-state index contributed by atoms with van der Waals surface area (Å²) < 4.78 is 37.0. The molecule has 51 heavy (non-hydrogen) atoms. The molecule has 1 aromatic heterocycles. The van der Waals surface area contributed by atoms with E-state index in [-0.39, 0.29) is 36.5 Å². The normalized spacial score (nSPS) is 12.9. The van der Waals surface area contributed by atoms with E-state index in [9.17, 15) is 22.8 Å². The number of aromatic nitrogens is 2. The summed E-state index contributed by atoms with van der Waals surface area (Å²) >= 11 is 0. The second-order valence-corrected chi connectivity index (χ2v) is 12.7. The zero-order chi connectivity index (χ0) is 35.8. The molecule has 2 heterocycles. The summed E-state index contributed by atoms with van der Waals surface area (Å²) in [6.07, 6.45) is 2.96. The first-order valence-electron chi connectivity index (χ1n) is 16.3. The lowest BCUT2D eigenvalue weighted by Gasteiger charge is -2.32. The smallest absolute Gasteiger partial charge is 0.319 e. The minimum atomic E-state index is -2.70. The van der Waals surface area contributed by atoms with Crippen molar-refractivity contribution >= 4 is 56.6 Å². The van der Waals surface area contributed by atoms with Crippen LogP contribution < -0.4 is 19.7 Å². The topological polar surface area (TPSA) is 167 Å². The van der Waals surface area contributed by atoms with Gasteiger partial charge < -0.3 is 34.5 Å². The van der Waals surface area contributed by atoms with Crippen molar-refractivity contribution in [1.82, 2.24) is 19.8 Å². The summed E-state index contributed by atoms with van der Waals surface area (Å²) in [4.78, 5) is 52.1. The monoisotopic (exact) mass is 719 g/mol. The number of H-pyrrole nitrogens is 1. The van der Waals surface area contributed by atoms with E-state index in [0.29, 0.717) is 46.7 Å². The molecule has 0 aliphatic carbocycles. The van der Waals surface area contributed by atoms with Gasteiger partial charge in [-0.3, -0.25) is 14.4 Å². The van der Waals surface area contributed by atoms with Crippen LogP contribution in [0.5, 0.6) is 11.5 Å². The Kier molecular flexibility index (Phi) is 13.3. The molecule has 0 saturated carbocycles. The quantitative estimate of drug-likeness (QED) is 0.171. The van der Waals surface area contributed by atoms with Crippen LogP contribution in [0.4, 0.5) is 17.3 Å². The van der Waals surface area contributed by atoms with E-state index in [4.69, 9.17) is 9.47 Å². The van der Waals surface area contributed by atoms with Crippen LogP contribution >= 0.6 is 0 Å². The van der Waals surface area contributed by atoms with E-state index in [1.54, 1.807) is 31.3 Å². The Hall–Kier alpha value is -5.28. The highest BCUT2D eigenvalue weighted by atomic mass is 32.2. The molecule has 2 N–H and O–H groups in total. The lowest BCUT2D eigenvalue weighted by Crippen LogP contribution is -2.47. The summed E-state index contributed by atoms with van der Waals surface area (Å²) in [5.41, 5.74) is 3.18. The van der Waals surface area contributed by atoms with Crippen LogP contribution in [0.2, 0.25) is 0 Å². The predicted octanol–water partition coefficient (Wildman–Crippen LogP) is 5.45.